The molecule has 0 aliphatic rings. The van der Waals surface area contributed by atoms with Crippen molar-refractivity contribution in [1.82, 2.24) is 31.6 Å². The fraction of sp³-hybridized carbons (Fsp3) is 0.447. The predicted molar refractivity (Wildman–Crippen MR) is 206 cm³/mol. The Bertz CT molecular complexity index is 1830. The van der Waals surface area contributed by atoms with Gasteiger partial charge in [0.2, 0.25) is 35.4 Å². The van der Waals surface area contributed by atoms with Gasteiger partial charge in [-0.1, -0.05) is 44.2 Å². The molecule has 3 aromatic rings. The first-order chi connectivity index (χ1) is 26.6. The van der Waals surface area contributed by atoms with Gasteiger partial charge in [0.1, 0.15) is 36.5 Å². The maximum Gasteiger partial charge on any atom is 0.322 e. The highest BCUT2D eigenvalue weighted by molar-refractivity contribution is 5.98. The average Bonchev–Trinajstić information content (AvgIpc) is 3.55. The molecule has 0 spiro atoms. The Morgan fingerprint density at radius 1 is 0.750 bits per heavy atom. The van der Waals surface area contributed by atoms with Gasteiger partial charge in [-0.15, -0.1) is 0 Å². The zero-order valence-electron chi connectivity index (χ0n) is 31.5. The van der Waals surface area contributed by atoms with Crippen LogP contribution in [0.3, 0.4) is 0 Å². The van der Waals surface area contributed by atoms with Crippen molar-refractivity contribution in [3.05, 3.63) is 65.9 Å². The number of aromatic amines is 1. The second kappa shape index (κ2) is 21.8. The highest BCUT2D eigenvalue weighted by Crippen LogP contribution is 2.20. The Balaban J connectivity index is 1.93. The topological polar surface area (TPSA) is 314 Å². The average molecular weight is 780 g/mol. The molecule has 2 aromatic carbocycles. The number of phenols is 1. The number of phenolic OH excluding ortho intramolecular Hbond substituents is 1. The smallest absolute Gasteiger partial charge is 0.322 e. The van der Waals surface area contributed by atoms with Crippen LogP contribution in [-0.4, -0.2) is 99.9 Å². The molecule has 1 aromatic heterocycles. The van der Waals surface area contributed by atoms with Gasteiger partial charge in [0.05, 0.1) is 12.5 Å². The van der Waals surface area contributed by atoms with E-state index in [1.807, 2.05) is 32.0 Å². The highest BCUT2D eigenvalue weighted by Gasteiger charge is 2.33. The predicted octanol–water partition coefficient (Wildman–Crippen LogP) is -0.823. The van der Waals surface area contributed by atoms with E-state index in [0.717, 1.165) is 10.9 Å². The van der Waals surface area contributed by atoms with Gasteiger partial charge in [-0.25, -0.2) is 0 Å². The number of unbranched alkanes of at least 4 members (excludes halogenated alkanes) is 1. The number of hydrogen-bond donors (Lipinski definition) is 11. The Morgan fingerprint density at radius 3 is 1.96 bits per heavy atom. The summed E-state index contributed by atoms with van der Waals surface area (Å²) >= 11 is 0. The number of carbonyl (C=O) groups excluding carboxylic acids is 6. The van der Waals surface area contributed by atoms with E-state index < -0.39 is 84.6 Å². The number of H-pyrrole nitrogens is 1. The summed E-state index contributed by atoms with van der Waals surface area (Å²) in [5.41, 5.74) is 19.1. The lowest BCUT2D eigenvalue weighted by atomic mass is 10.0. The molecule has 3 rings (SSSR count). The van der Waals surface area contributed by atoms with Gasteiger partial charge in [-0.2, -0.15) is 0 Å². The third-order valence-electron chi connectivity index (χ3n) is 8.84. The van der Waals surface area contributed by atoms with E-state index in [0.29, 0.717) is 30.4 Å². The number of carboxylic acids is 1. The maximum atomic E-state index is 14.2. The molecule has 56 heavy (non-hydrogen) atoms. The van der Waals surface area contributed by atoms with Crippen molar-refractivity contribution < 1.29 is 43.8 Å². The molecule has 304 valence electrons. The van der Waals surface area contributed by atoms with Crippen LogP contribution >= 0.6 is 0 Å². The molecule has 14 N–H and O–H groups in total. The van der Waals surface area contributed by atoms with Gasteiger partial charge in [-0.3, -0.25) is 33.6 Å². The standard InChI is InChI=1S/C38H53N9O9/c1-21(2)15-26(40)34(52)45-31(18-32(41)49)38(56)47-30(17-23-19-42-27-8-4-3-7-25(23)27)37(55)44-28(9-5-6-14-39)36(54)46-29(35(53)43-20-33(50)51)16-22-10-12-24(48)13-11-22/h3-4,7-8,10-13,19,21,26,28-31,42,48H,5-6,9,14-18,20,39-40H2,1-2H3,(H2,41,49)(H,43,53)(H,44,55)(H,45,52)(H,46,54)(H,47,56)(H,50,51)/t26-,28-,29-,30-,31-/m0/s1. The van der Waals surface area contributed by atoms with Crippen LogP contribution in [-0.2, 0) is 46.4 Å². The lowest BCUT2D eigenvalue weighted by molar-refractivity contribution is -0.138. The zero-order valence-corrected chi connectivity index (χ0v) is 31.5. The van der Waals surface area contributed by atoms with Crippen molar-refractivity contribution in [3.63, 3.8) is 0 Å². The lowest BCUT2D eigenvalue weighted by Gasteiger charge is -2.27. The summed E-state index contributed by atoms with van der Waals surface area (Å²) in [6.45, 7) is 3.30. The molecule has 0 aliphatic carbocycles. The van der Waals surface area contributed by atoms with Gasteiger partial charge < -0.3 is 59.0 Å². The molecule has 18 nitrogen and oxygen atoms in total. The quantitative estimate of drug-likeness (QED) is 0.0528. The van der Waals surface area contributed by atoms with Crippen LogP contribution < -0.4 is 43.8 Å². The Labute approximate surface area is 324 Å². The SMILES string of the molecule is CC(C)C[C@H](N)C(=O)N[C@@H](CC(N)=O)C(=O)N[C@@H](Cc1c[nH]c2ccccc12)C(=O)N[C@@H](CCCCN)C(=O)N[C@@H](Cc1ccc(O)cc1)C(=O)NCC(=O)O. The van der Waals surface area contributed by atoms with Crippen LogP contribution in [0.15, 0.2) is 54.7 Å². The maximum absolute atomic E-state index is 14.2. The number of benzene rings is 2. The second-order valence-electron chi connectivity index (χ2n) is 14.0. The van der Waals surface area contributed by atoms with Crippen LogP contribution in [0.2, 0.25) is 0 Å². The number of primary amides is 1. The molecule has 6 amide bonds. The molecule has 0 fully saturated rings. The second-order valence-corrected chi connectivity index (χ2v) is 14.0. The molecule has 0 radical (unpaired) electrons. The molecule has 5 atom stereocenters. The largest absolute Gasteiger partial charge is 0.508 e. The molecule has 0 saturated heterocycles. The number of aromatic nitrogens is 1. The molecular weight excluding hydrogens is 726 g/mol. The first-order valence-corrected chi connectivity index (χ1v) is 18.4. The first-order valence-electron chi connectivity index (χ1n) is 18.4. The number of nitrogens with one attached hydrogen (secondary N) is 6. The Hall–Kier alpha value is -6.01. The van der Waals surface area contributed by atoms with E-state index in [9.17, 15) is 38.7 Å². The molecule has 0 unspecified atom stereocenters. The Kier molecular flexibility index (Phi) is 17.3. The molecule has 0 saturated carbocycles. The van der Waals surface area contributed by atoms with Gasteiger partial charge in [0.15, 0.2) is 0 Å². The number of hydrogen-bond acceptors (Lipinski definition) is 10. The lowest BCUT2D eigenvalue weighted by Crippen LogP contribution is -2.60. The van der Waals surface area contributed by atoms with Gasteiger partial charge in [0.25, 0.3) is 0 Å². The number of para-hydroxylation sites is 1. The molecule has 18 heteroatoms. The van der Waals surface area contributed by atoms with E-state index in [1.165, 1.54) is 24.3 Å². The van der Waals surface area contributed by atoms with Gasteiger partial charge >= 0.3 is 5.97 Å². The van der Waals surface area contributed by atoms with Crippen LogP contribution in [0.4, 0.5) is 0 Å². The summed E-state index contributed by atoms with van der Waals surface area (Å²) in [5, 5.41) is 32.2. The van der Waals surface area contributed by atoms with E-state index in [4.69, 9.17) is 22.3 Å². The summed E-state index contributed by atoms with van der Waals surface area (Å²) in [6, 6.07) is 6.71. The first kappa shape index (κ1) is 44.4. The fourth-order valence-electron chi connectivity index (χ4n) is 5.98. The Morgan fingerprint density at radius 2 is 1.34 bits per heavy atom. The van der Waals surface area contributed by atoms with Crippen LogP contribution in [0.1, 0.15) is 57.1 Å². The van der Waals surface area contributed by atoms with Crippen LogP contribution in [0, 0.1) is 5.92 Å². The molecule has 0 bridgehead atoms. The summed E-state index contributed by atoms with van der Waals surface area (Å²) in [5.74, 6) is -6.15. The molecule has 1 heterocycles. The highest BCUT2D eigenvalue weighted by atomic mass is 16.4. The number of amides is 6. The minimum Gasteiger partial charge on any atom is -0.508 e. The summed E-state index contributed by atoms with van der Waals surface area (Å²) in [6.07, 6.45) is 2.12. The fourth-order valence-corrected chi connectivity index (χ4v) is 5.98. The number of rotatable bonds is 23. The number of fused-ring (bicyclic) bond motifs is 1. The zero-order chi connectivity index (χ0) is 41.4. The molecule has 0 aliphatic heterocycles. The van der Waals surface area contributed by atoms with E-state index in [-0.39, 0.29) is 37.5 Å². The summed E-state index contributed by atoms with van der Waals surface area (Å²) < 4.78 is 0. The third kappa shape index (κ3) is 14.3. The minimum absolute atomic E-state index is 0.0281. The minimum atomic E-state index is -1.48. The summed E-state index contributed by atoms with van der Waals surface area (Å²) in [4.78, 5) is 94.2. The number of nitrogens with two attached hydrogens (primary N) is 3. The normalized spacial score (nSPS) is 13.8. The van der Waals surface area contributed by atoms with Gasteiger partial charge in [0, 0.05) is 29.9 Å². The van der Waals surface area contributed by atoms with Crippen molar-refractivity contribution >= 4 is 52.3 Å². The van der Waals surface area contributed by atoms with Gasteiger partial charge in [-0.05, 0) is 67.5 Å². The van der Waals surface area contributed by atoms with Crippen molar-refractivity contribution in [2.45, 2.75) is 89.0 Å². The van der Waals surface area contributed by atoms with Crippen molar-refractivity contribution in [1.29, 1.82) is 0 Å². The monoisotopic (exact) mass is 779 g/mol. The number of carboxylic acid groups (broad SMARTS) is 1. The van der Waals surface area contributed by atoms with Crippen molar-refractivity contribution in [2.75, 3.05) is 13.1 Å². The number of aliphatic carboxylic acids is 1. The summed E-state index contributed by atoms with van der Waals surface area (Å²) in [7, 11) is 0. The number of carbonyl (C=O) groups is 7. The van der Waals surface area contributed by atoms with Crippen LogP contribution in [0.5, 0.6) is 5.75 Å². The van der Waals surface area contributed by atoms with Crippen LogP contribution in [0.25, 0.3) is 10.9 Å². The van der Waals surface area contributed by atoms with E-state index >= 15 is 0 Å². The van der Waals surface area contributed by atoms with Crippen molar-refractivity contribution in [3.8, 4) is 5.75 Å². The third-order valence-corrected chi connectivity index (χ3v) is 8.84. The van der Waals surface area contributed by atoms with E-state index in [1.54, 1.807) is 12.3 Å². The van der Waals surface area contributed by atoms with E-state index in [2.05, 4.69) is 31.6 Å². The number of aromatic hydroxyl groups is 1. The van der Waals surface area contributed by atoms with Crippen molar-refractivity contribution in [2.24, 2.45) is 23.1 Å². The molecular formula is C38H53N9O9.